The lowest BCUT2D eigenvalue weighted by Crippen LogP contribution is -2.57. The van der Waals surface area contributed by atoms with E-state index in [9.17, 15) is 19.5 Å². The smallest absolute Gasteiger partial charge is 0.408 e. The van der Waals surface area contributed by atoms with E-state index in [4.69, 9.17) is 4.74 Å². The lowest BCUT2D eigenvalue weighted by Gasteiger charge is -2.36. The van der Waals surface area contributed by atoms with E-state index in [0.29, 0.717) is 30.0 Å². The van der Waals surface area contributed by atoms with Crippen molar-refractivity contribution in [3.63, 3.8) is 0 Å². The fraction of sp³-hybridized carbons (Fsp3) is 0.697. The van der Waals surface area contributed by atoms with E-state index in [2.05, 4.69) is 17.2 Å². The largest absolute Gasteiger partial charge is 0.507 e. The highest BCUT2D eigenvalue weighted by atomic mass is 16.6. The Labute approximate surface area is 249 Å². The highest BCUT2D eigenvalue weighted by molar-refractivity contribution is 5.92. The SMILES string of the molecule is CC[C@@H]1CCN(C(=O)C(NC(=O)OC2CC3CC3[C@H]2CCCCCc2cn3ccnc3cc2O)C(C)(C)C)[C@@H]1C(C)=O. The third-order valence-corrected chi connectivity index (χ3v) is 9.99. The Kier molecular flexibility index (Phi) is 8.86. The van der Waals surface area contributed by atoms with Crippen molar-refractivity contribution >= 4 is 23.4 Å². The molecule has 2 amide bonds. The predicted molar refractivity (Wildman–Crippen MR) is 160 cm³/mol. The van der Waals surface area contributed by atoms with Crippen LogP contribution in [0.15, 0.2) is 24.7 Å². The second-order valence-corrected chi connectivity index (χ2v) is 14.0. The summed E-state index contributed by atoms with van der Waals surface area (Å²) in [6.07, 6.45) is 13.6. The number of amides is 2. The van der Waals surface area contributed by atoms with Gasteiger partial charge in [-0.2, -0.15) is 0 Å². The van der Waals surface area contributed by atoms with Crippen LogP contribution in [-0.4, -0.2) is 61.9 Å². The molecule has 3 heterocycles. The number of imidazole rings is 1. The summed E-state index contributed by atoms with van der Waals surface area (Å²) >= 11 is 0. The Bertz CT molecular complexity index is 1300. The minimum absolute atomic E-state index is 0.00651. The van der Waals surface area contributed by atoms with Crippen LogP contribution in [0.25, 0.3) is 5.65 Å². The van der Waals surface area contributed by atoms with Gasteiger partial charge in [-0.3, -0.25) is 9.59 Å². The number of pyridine rings is 1. The van der Waals surface area contributed by atoms with Gasteiger partial charge in [-0.05, 0) is 74.5 Å². The summed E-state index contributed by atoms with van der Waals surface area (Å²) < 4.78 is 7.96. The molecule has 230 valence electrons. The summed E-state index contributed by atoms with van der Waals surface area (Å²) in [5, 5.41) is 13.3. The number of rotatable bonds is 11. The molecule has 3 aliphatic rings. The Hall–Kier alpha value is -3.10. The van der Waals surface area contributed by atoms with Crippen LogP contribution >= 0.6 is 0 Å². The topological polar surface area (TPSA) is 113 Å². The highest BCUT2D eigenvalue weighted by Crippen LogP contribution is 2.57. The summed E-state index contributed by atoms with van der Waals surface area (Å²) in [4.78, 5) is 45.3. The lowest BCUT2D eigenvalue weighted by atomic mass is 9.85. The molecule has 0 bridgehead atoms. The number of nitrogens with one attached hydrogen (secondary N) is 1. The van der Waals surface area contributed by atoms with Crippen molar-refractivity contribution in [1.82, 2.24) is 19.6 Å². The van der Waals surface area contributed by atoms with Gasteiger partial charge in [0, 0.05) is 36.8 Å². The molecule has 2 saturated carbocycles. The van der Waals surface area contributed by atoms with Crippen LogP contribution in [0.3, 0.4) is 0 Å². The van der Waals surface area contributed by atoms with Crippen LogP contribution in [0.5, 0.6) is 5.75 Å². The maximum Gasteiger partial charge on any atom is 0.408 e. The molecule has 9 nitrogen and oxygen atoms in total. The Morgan fingerprint density at radius 1 is 1.19 bits per heavy atom. The number of fused-ring (bicyclic) bond motifs is 2. The molecule has 2 N–H and O–H groups in total. The Morgan fingerprint density at radius 2 is 1.98 bits per heavy atom. The van der Waals surface area contributed by atoms with Gasteiger partial charge in [0.15, 0.2) is 5.78 Å². The number of likely N-dealkylation sites (tertiary alicyclic amines) is 1. The molecule has 0 radical (unpaired) electrons. The summed E-state index contributed by atoms with van der Waals surface area (Å²) in [5.41, 5.74) is 1.14. The van der Waals surface area contributed by atoms with Crippen LogP contribution in [0.1, 0.15) is 91.5 Å². The van der Waals surface area contributed by atoms with Crippen molar-refractivity contribution in [3.8, 4) is 5.75 Å². The number of ether oxygens (including phenoxy) is 1. The van der Waals surface area contributed by atoms with Gasteiger partial charge in [0.05, 0.1) is 6.04 Å². The normalized spacial score (nSPS) is 27.6. The van der Waals surface area contributed by atoms with Crippen LogP contribution < -0.4 is 5.32 Å². The first-order valence-corrected chi connectivity index (χ1v) is 15.9. The van der Waals surface area contributed by atoms with E-state index < -0.39 is 23.6 Å². The zero-order chi connectivity index (χ0) is 30.2. The van der Waals surface area contributed by atoms with Gasteiger partial charge in [-0.1, -0.05) is 47.0 Å². The van der Waals surface area contributed by atoms with Gasteiger partial charge in [0.1, 0.15) is 23.5 Å². The number of alkyl carbamates (subject to hydrolysis) is 1. The van der Waals surface area contributed by atoms with E-state index in [1.807, 2.05) is 37.6 Å². The first-order chi connectivity index (χ1) is 20.0. The molecule has 7 atom stereocenters. The van der Waals surface area contributed by atoms with Gasteiger partial charge in [0.2, 0.25) is 5.91 Å². The van der Waals surface area contributed by atoms with E-state index in [-0.39, 0.29) is 23.7 Å². The van der Waals surface area contributed by atoms with Gasteiger partial charge in [-0.25, -0.2) is 9.78 Å². The number of unbranched alkanes of at least 4 members (excludes halogenated alkanes) is 2. The first kappa shape index (κ1) is 30.4. The minimum atomic E-state index is -0.769. The van der Waals surface area contributed by atoms with Crippen LogP contribution in [-0.2, 0) is 20.7 Å². The highest BCUT2D eigenvalue weighted by Gasteiger charge is 2.54. The molecule has 2 aromatic rings. The molecule has 4 unspecified atom stereocenters. The molecule has 1 aliphatic heterocycles. The van der Waals surface area contributed by atoms with Crippen molar-refractivity contribution in [2.24, 2.45) is 29.1 Å². The first-order valence-electron chi connectivity index (χ1n) is 15.9. The monoisotopic (exact) mass is 580 g/mol. The van der Waals surface area contributed by atoms with E-state index in [1.165, 1.54) is 6.42 Å². The van der Waals surface area contributed by atoms with E-state index in [1.54, 1.807) is 24.1 Å². The van der Waals surface area contributed by atoms with Crippen LogP contribution in [0.2, 0.25) is 0 Å². The maximum absolute atomic E-state index is 13.7. The zero-order valence-electron chi connectivity index (χ0n) is 25.8. The molecule has 9 heteroatoms. The molecule has 2 aromatic heterocycles. The maximum atomic E-state index is 13.7. The van der Waals surface area contributed by atoms with Crippen molar-refractivity contribution in [2.75, 3.05) is 6.54 Å². The Balaban J connectivity index is 1.13. The van der Waals surface area contributed by atoms with Crippen LogP contribution in [0, 0.1) is 29.1 Å². The number of aromatic nitrogens is 2. The fourth-order valence-electron chi connectivity index (χ4n) is 7.60. The lowest BCUT2D eigenvalue weighted by molar-refractivity contribution is -0.141. The number of aromatic hydroxyl groups is 1. The minimum Gasteiger partial charge on any atom is -0.507 e. The number of nitrogens with zero attached hydrogens (tertiary/aromatic N) is 3. The molecular weight excluding hydrogens is 532 g/mol. The van der Waals surface area contributed by atoms with Gasteiger partial charge in [-0.15, -0.1) is 0 Å². The molecule has 0 aromatic carbocycles. The Morgan fingerprint density at radius 3 is 2.69 bits per heavy atom. The molecule has 0 spiro atoms. The molecule has 5 rings (SSSR count). The number of aryl methyl sites for hydroxylation is 1. The summed E-state index contributed by atoms with van der Waals surface area (Å²) in [5.74, 6) is 1.89. The summed E-state index contributed by atoms with van der Waals surface area (Å²) in [7, 11) is 0. The van der Waals surface area contributed by atoms with Crippen molar-refractivity contribution in [2.45, 2.75) is 111 Å². The van der Waals surface area contributed by atoms with E-state index in [0.717, 1.165) is 62.6 Å². The number of carbonyl (C=O) groups is 3. The van der Waals surface area contributed by atoms with Gasteiger partial charge < -0.3 is 24.5 Å². The van der Waals surface area contributed by atoms with Crippen LogP contribution in [0.4, 0.5) is 4.79 Å². The second-order valence-electron chi connectivity index (χ2n) is 14.0. The number of hydrogen-bond donors (Lipinski definition) is 2. The summed E-state index contributed by atoms with van der Waals surface area (Å²) in [6, 6.07) is 0.518. The van der Waals surface area contributed by atoms with Crippen molar-refractivity contribution in [3.05, 3.63) is 30.2 Å². The third kappa shape index (κ3) is 6.45. The molecule has 2 aliphatic carbocycles. The molecule has 3 fully saturated rings. The predicted octanol–water partition coefficient (Wildman–Crippen LogP) is 5.52. The average molecular weight is 581 g/mol. The average Bonchev–Trinajstić information content (AvgIpc) is 3.24. The standard InChI is InChI=1S/C33H48N4O5/c1-6-21-12-14-37(29(21)20(2)38)31(40)30(33(3,4)5)35-32(41)42-27-17-23-16-25(23)24(27)11-9-7-8-10-22-19-36-15-13-34-28(36)18-26(22)39/h13,15,18-19,21,23-25,27,29-30,39H,6-12,14,16-17H2,1-5H3,(H,35,41)/t21-,23?,24-,25?,27?,29-,30?/m1/s1. The molecular formula is C33H48N4O5. The van der Waals surface area contributed by atoms with Crippen molar-refractivity contribution in [1.29, 1.82) is 0 Å². The fourth-order valence-corrected chi connectivity index (χ4v) is 7.60. The number of hydrogen-bond acceptors (Lipinski definition) is 6. The third-order valence-electron chi connectivity index (χ3n) is 9.99. The number of ketones is 1. The molecule has 42 heavy (non-hydrogen) atoms. The summed E-state index contributed by atoms with van der Waals surface area (Å²) in [6.45, 7) is 9.96. The molecule has 1 saturated heterocycles. The number of carbonyl (C=O) groups excluding carboxylic acids is 3. The van der Waals surface area contributed by atoms with Crippen molar-refractivity contribution < 1.29 is 24.2 Å². The second kappa shape index (κ2) is 12.3. The van der Waals surface area contributed by atoms with E-state index >= 15 is 0 Å². The number of Topliss-reactive ketones (excluding diaryl/α,β-unsaturated/α-hetero) is 1. The quantitative estimate of drug-likeness (QED) is 0.338. The zero-order valence-corrected chi connectivity index (χ0v) is 25.8. The van der Waals surface area contributed by atoms with Gasteiger partial charge >= 0.3 is 6.09 Å². The van der Waals surface area contributed by atoms with Gasteiger partial charge in [0.25, 0.3) is 0 Å².